The van der Waals surface area contributed by atoms with Gasteiger partial charge in [0.25, 0.3) is 0 Å². The number of nitrogens with zero attached hydrogens (tertiary/aromatic N) is 4. The standard InChI is InChI=1S/C30H50N5O5P/c1-2-3-4-5-6-7-8-9-10-11-12-13-14-15-16-17-20-38-41(37)39-23-30(22-31)28(36)21-27(40-30)25-18-19-26-29(32)33-24-34-35(25)26/h18-19,24,27-28,36-37H,2-17,20-21,23H2,1H3,(H2,32,33,34). The topological polar surface area (TPSA) is 148 Å². The number of nitrogen functional groups attached to an aromatic ring is 1. The molecule has 1 aliphatic rings. The maximum Gasteiger partial charge on any atom is 0.329 e. The first-order valence-corrected chi connectivity index (χ1v) is 16.7. The van der Waals surface area contributed by atoms with Crippen molar-refractivity contribution in [3.05, 3.63) is 24.2 Å². The van der Waals surface area contributed by atoms with E-state index >= 15 is 0 Å². The van der Waals surface area contributed by atoms with Crippen LogP contribution in [0.3, 0.4) is 0 Å². The molecule has 2 aromatic rings. The lowest BCUT2D eigenvalue weighted by Gasteiger charge is -2.25. The average Bonchev–Trinajstić information content (AvgIpc) is 3.55. The summed E-state index contributed by atoms with van der Waals surface area (Å²) in [6, 6.07) is 5.59. The van der Waals surface area contributed by atoms with Gasteiger partial charge in [-0.25, -0.2) is 9.50 Å². The highest BCUT2D eigenvalue weighted by atomic mass is 31.2. The van der Waals surface area contributed by atoms with E-state index in [9.17, 15) is 15.3 Å². The van der Waals surface area contributed by atoms with Gasteiger partial charge in [-0.05, 0) is 18.6 Å². The lowest BCUT2D eigenvalue weighted by atomic mass is 9.99. The molecule has 0 saturated carbocycles. The van der Waals surface area contributed by atoms with Crippen molar-refractivity contribution >= 4 is 19.9 Å². The fraction of sp³-hybridized carbons (Fsp3) is 0.767. The largest absolute Gasteiger partial charge is 0.389 e. The third-order valence-corrected chi connectivity index (χ3v) is 8.70. The molecule has 11 heteroatoms. The van der Waals surface area contributed by atoms with Gasteiger partial charge in [0.15, 0.2) is 5.82 Å². The van der Waals surface area contributed by atoms with Crippen LogP contribution in [0.2, 0.25) is 0 Å². The van der Waals surface area contributed by atoms with Gasteiger partial charge in [-0.2, -0.15) is 10.4 Å². The van der Waals surface area contributed by atoms with Gasteiger partial charge in [0.1, 0.15) is 36.7 Å². The summed E-state index contributed by atoms with van der Waals surface area (Å²) < 4.78 is 18.4. The Morgan fingerprint density at radius 2 is 1.59 bits per heavy atom. The van der Waals surface area contributed by atoms with Gasteiger partial charge in [-0.15, -0.1) is 0 Å². The van der Waals surface area contributed by atoms with E-state index in [4.69, 9.17) is 19.5 Å². The predicted octanol–water partition coefficient (Wildman–Crippen LogP) is 6.91. The minimum Gasteiger partial charge on any atom is -0.389 e. The zero-order valence-corrected chi connectivity index (χ0v) is 25.6. The smallest absolute Gasteiger partial charge is 0.329 e. The number of nitrogens with two attached hydrogens (primary N) is 1. The second-order valence-corrected chi connectivity index (χ2v) is 12.2. The first-order valence-electron chi connectivity index (χ1n) is 15.6. The van der Waals surface area contributed by atoms with E-state index in [2.05, 4.69) is 17.0 Å². The van der Waals surface area contributed by atoms with Crippen molar-refractivity contribution < 1.29 is 23.8 Å². The molecule has 0 amide bonds. The second kappa shape index (κ2) is 18.6. The van der Waals surface area contributed by atoms with Crippen LogP contribution in [0.1, 0.15) is 128 Å². The second-order valence-electron chi connectivity index (χ2n) is 11.2. The summed E-state index contributed by atoms with van der Waals surface area (Å²) in [5.74, 6) is 0.326. The monoisotopic (exact) mass is 591 g/mol. The van der Waals surface area contributed by atoms with E-state index in [1.807, 2.05) is 6.07 Å². The molecule has 1 fully saturated rings. The van der Waals surface area contributed by atoms with Crippen LogP contribution in [0.25, 0.3) is 5.52 Å². The first-order chi connectivity index (χ1) is 20.0. The Labute approximate surface area is 246 Å². The number of rotatable bonds is 22. The third kappa shape index (κ3) is 10.7. The van der Waals surface area contributed by atoms with E-state index in [1.54, 1.807) is 16.6 Å². The van der Waals surface area contributed by atoms with Crippen molar-refractivity contribution in [2.45, 2.75) is 134 Å². The molecule has 4 unspecified atom stereocenters. The molecule has 2 aromatic heterocycles. The van der Waals surface area contributed by atoms with Crippen LogP contribution >= 0.6 is 8.60 Å². The van der Waals surface area contributed by atoms with Crippen molar-refractivity contribution in [3.8, 4) is 6.07 Å². The summed E-state index contributed by atoms with van der Waals surface area (Å²) in [6.45, 7) is 2.36. The summed E-state index contributed by atoms with van der Waals surface area (Å²) in [5.41, 5.74) is 5.55. The van der Waals surface area contributed by atoms with Gasteiger partial charge in [0.05, 0.1) is 12.3 Å². The highest BCUT2D eigenvalue weighted by Gasteiger charge is 2.50. The molecule has 4 atom stereocenters. The zero-order valence-electron chi connectivity index (χ0n) is 24.8. The number of anilines is 1. The van der Waals surface area contributed by atoms with Gasteiger partial charge in [0.2, 0.25) is 5.60 Å². The Balaban J connectivity index is 1.21. The van der Waals surface area contributed by atoms with E-state index < -0.39 is 26.4 Å². The first kappa shape index (κ1) is 33.6. The number of aromatic nitrogens is 3. The Kier molecular flexibility index (Phi) is 15.3. The fourth-order valence-electron chi connectivity index (χ4n) is 5.42. The molecule has 3 heterocycles. The minimum atomic E-state index is -2.17. The maximum atomic E-state index is 10.7. The molecule has 41 heavy (non-hydrogen) atoms. The van der Waals surface area contributed by atoms with Gasteiger partial charge in [-0.3, -0.25) is 0 Å². The molecule has 1 aliphatic heterocycles. The van der Waals surface area contributed by atoms with Gasteiger partial charge >= 0.3 is 8.60 Å². The SMILES string of the molecule is CCCCCCCCCCCCCCCCCCOP(O)OCC1(C#N)OC(c2ccc3c(N)ncnn23)CC1O. The molecular formula is C30H50N5O5P. The van der Waals surface area contributed by atoms with Gasteiger partial charge in [-0.1, -0.05) is 103 Å². The van der Waals surface area contributed by atoms with Crippen LogP contribution in [0.5, 0.6) is 0 Å². The summed E-state index contributed by atoms with van der Waals surface area (Å²) in [7, 11) is -2.17. The number of hydrogen-bond acceptors (Lipinski definition) is 9. The van der Waals surface area contributed by atoms with Crippen molar-refractivity contribution in [2.75, 3.05) is 18.9 Å². The summed E-state index contributed by atoms with van der Waals surface area (Å²) in [4.78, 5) is 14.2. The zero-order chi connectivity index (χ0) is 29.3. The summed E-state index contributed by atoms with van der Waals surface area (Å²) >= 11 is 0. The fourth-order valence-corrected chi connectivity index (χ4v) is 6.08. The number of aliphatic hydroxyl groups excluding tert-OH is 1. The van der Waals surface area contributed by atoms with Gasteiger partial charge < -0.3 is 29.5 Å². The highest BCUT2D eigenvalue weighted by molar-refractivity contribution is 7.40. The van der Waals surface area contributed by atoms with Crippen LogP contribution in [0.4, 0.5) is 5.82 Å². The van der Waals surface area contributed by atoms with Crippen molar-refractivity contribution in [3.63, 3.8) is 0 Å². The quantitative estimate of drug-likeness (QED) is 0.0981. The lowest BCUT2D eigenvalue weighted by molar-refractivity contribution is -0.0714. The number of hydrogen-bond donors (Lipinski definition) is 3. The molecule has 10 nitrogen and oxygen atoms in total. The Morgan fingerprint density at radius 3 is 2.17 bits per heavy atom. The van der Waals surface area contributed by atoms with E-state index in [0.717, 1.165) is 19.3 Å². The molecule has 0 bridgehead atoms. The number of fused-ring (bicyclic) bond motifs is 1. The van der Waals surface area contributed by atoms with Gasteiger partial charge in [0, 0.05) is 6.42 Å². The van der Waals surface area contributed by atoms with Crippen LogP contribution in [-0.4, -0.2) is 49.5 Å². The van der Waals surface area contributed by atoms with Crippen LogP contribution < -0.4 is 5.73 Å². The Bertz CT molecular complexity index is 1050. The van der Waals surface area contributed by atoms with E-state index in [-0.39, 0.29) is 13.0 Å². The van der Waals surface area contributed by atoms with Crippen molar-refractivity contribution in [1.82, 2.24) is 14.6 Å². The molecule has 4 N–H and O–H groups in total. The normalized spacial score (nSPS) is 21.4. The number of ether oxygens (including phenoxy) is 1. The number of aliphatic hydroxyl groups is 1. The Morgan fingerprint density at radius 1 is 1.00 bits per heavy atom. The average molecular weight is 592 g/mol. The Hall–Kier alpha value is -1.86. The van der Waals surface area contributed by atoms with Crippen LogP contribution in [-0.2, 0) is 13.8 Å². The van der Waals surface area contributed by atoms with Crippen LogP contribution in [0.15, 0.2) is 18.5 Å². The van der Waals surface area contributed by atoms with E-state index in [1.165, 1.54) is 89.8 Å². The highest BCUT2D eigenvalue weighted by Crippen LogP contribution is 2.43. The van der Waals surface area contributed by atoms with E-state index in [0.29, 0.717) is 23.6 Å². The van der Waals surface area contributed by atoms with Crippen molar-refractivity contribution in [2.24, 2.45) is 0 Å². The molecule has 230 valence electrons. The maximum absolute atomic E-state index is 10.7. The van der Waals surface area contributed by atoms with Crippen molar-refractivity contribution in [1.29, 1.82) is 5.26 Å². The predicted molar refractivity (Wildman–Crippen MR) is 161 cm³/mol. The number of nitriles is 1. The molecular weight excluding hydrogens is 541 g/mol. The molecule has 0 radical (unpaired) electrons. The van der Waals surface area contributed by atoms with Crippen LogP contribution in [0, 0.1) is 11.3 Å². The molecule has 3 rings (SSSR count). The molecule has 0 aliphatic carbocycles. The summed E-state index contributed by atoms with van der Waals surface area (Å²) in [6.07, 6.45) is 20.5. The third-order valence-electron chi connectivity index (χ3n) is 7.95. The minimum absolute atomic E-state index is 0.177. The number of unbranched alkanes of at least 4 members (excludes halogenated alkanes) is 15. The summed E-state index contributed by atoms with van der Waals surface area (Å²) in [5, 5.41) is 24.7. The molecule has 1 saturated heterocycles. The molecule has 0 aromatic carbocycles. The molecule has 0 spiro atoms. The lowest BCUT2D eigenvalue weighted by Crippen LogP contribution is -2.42.